The molecule has 0 bridgehead atoms. The number of anilines is 1. The molecule has 1 unspecified atom stereocenters. The van der Waals surface area contributed by atoms with E-state index in [1.165, 1.54) is 48.5 Å². The summed E-state index contributed by atoms with van der Waals surface area (Å²) >= 11 is 0. The maximum Gasteiger partial charge on any atom is 0.269 e. The molecular weight excluding hydrogens is 386 g/mol. The van der Waals surface area contributed by atoms with Gasteiger partial charge in [-0.3, -0.25) is 14.9 Å². The monoisotopic (exact) mass is 405 g/mol. The van der Waals surface area contributed by atoms with Gasteiger partial charge in [0.1, 0.15) is 0 Å². The van der Waals surface area contributed by atoms with Crippen LogP contribution >= 0.6 is 0 Å². The van der Waals surface area contributed by atoms with Crippen LogP contribution in [0.2, 0.25) is 0 Å². The van der Waals surface area contributed by atoms with Gasteiger partial charge in [0.2, 0.25) is 10.0 Å². The Morgan fingerprint density at radius 3 is 2.39 bits per heavy atom. The summed E-state index contributed by atoms with van der Waals surface area (Å²) in [6.07, 6.45) is 1.65. The largest absolute Gasteiger partial charge is 0.377 e. The predicted octanol–water partition coefficient (Wildman–Crippen LogP) is 2.30. The molecule has 0 saturated carbocycles. The number of hydrogen-bond acceptors (Lipinski definition) is 6. The molecule has 0 aromatic heterocycles. The molecule has 0 radical (unpaired) electrons. The van der Waals surface area contributed by atoms with Crippen molar-refractivity contribution in [1.82, 2.24) is 4.72 Å². The fraction of sp³-hybridized carbons (Fsp3) is 0.278. The van der Waals surface area contributed by atoms with Crippen molar-refractivity contribution < 1.29 is 22.9 Å². The van der Waals surface area contributed by atoms with E-state index < -0.39 is 20.9 Å². The second kappa shape index (κ2) is 8.46. The molecule has 1 amide bonds. The first kappa shape index (κ1) is 19.9. The van der Waals surface area contributed by atoms with E-state index in [2.05, 4.69) is 10.0 Å². The minimum atomic E-state index is -3.66. The second-order valence-electron chi connectivity index (χ2n) is 6.27. The van der Waals surface area contributed by atoms with Crippen LogP contribution in [-0.4, -0.2) is 38.5 Å². The number of nitrogens with zero attached hydrogens (tertiary/aromatic N) is 1. The average molecular weight is 405 g/mol. The van der Waals surface area contributed by atoms with Gasteiger partial charge in [0.05, 0.1) is 15.9 Å². The van der Waals surface area contributed by atoms with Crippen LogP contribution in [0.25, 0.3) is 0 Å². The summed E-state index contributed by atoms with van der Waals surface area (Å²) in [4.78, 5) is 22.4. The molecule has 1 aliphatic heterocycles. The van der Waals surface area contributed by atoms with E-state index in [-0.39, 0.29) is 28.8 Å². The first-order valence-corrected chi connectivity index (χ1v) is 10.1. The zero-order valence-electron chi connectivity index (χ0n) is 14.8. The molecule has 1 heterocycles. The maximum absolute atomic E-state index is 12.3. The van der Waals surface area contributed by atoms with Gasteiger partial charge in [0.25, 0.3) is 11.6 Å². The predicted molar refractivity (Wildman–Crippen MR) is 102 cm³/mol. The van der Waals surface area contributed by atoms with Crippen molar-refractivity contribution in [3.8, 4) is 0 Å². The first-order chi connectivity index (χ1) is 13.3. The summed E-state index contributed by atoms with van der Waals surface area (Å²) in [7, 11) is -3.66. The Bertz CT molecular complexity index is 952. The lowest BCUT2D eigenvalue weighted by Crippen LogP contribution is -2.31. The van der Waals surface area contributed by atoms with Crippen LogP contribution in [0.15, 0.2) is 53.4 Å². The summed E-state index contributed by atoms with van der Waals surface area (Å²) in [6.45, 7) is 0.872. The van der Waals surface area contributed by atoms with Crippen LogP contribution in [0.4, 0.5) is 11.4 Å². The van der Waals surface area contributed by atoms with E-state index in [0.717, 1.165) is 12.8 Å². The van der Waals surface area contributed by atoms with Crippen LogP contribution in [0.5, 0.6) is 0 Å². The van der Waals surface area contributed by atoms with Crippen molar-refractivity contribution >= 4 is 27.3 Å². The second-order valence-corrected chi connectivity index (χ2v) is 8.04. The number of non-ortho nitro benzene ring substituents is 1. The van der Waals surface area contributed by atoms with E-state index in [0.29, 0.717) is 12.3 Å². The van der Waals surface area contributed by atoms with Gasteiger partial charge in [-0.2, -0.15) is 0 Å². The van der Waals surface area contributed by atoms with Gasteiger partial charge < -0.3 is 10.1 Å². The van der Waals surface area contributed by atoms with Crippen LogP contribution in [0.3, 0.4) is 0 Å². The molecule has 0 spiro atoms. The molecule has 10 heteroatoms. The fourth-order valence-corrected chi connectivity index (χ4v) is 3.81. The van der Waals surface area contributed by atoms with Crippen molar-refractivity contribution in [2.24, 2.45) is 0 Å². The van der Waals surface area contributed by atoms with E-state index in [1.54, 1.807) is 0 Å². The first-order valence-electron chi connectivity index (χ1n) is 8.62. The zero-order chi connectivity index (χ0) is 20.1. The van der Waals surface area contributed by atoms with Crippen molar-refractivity contribution in [1.29, 1.82) is 0 Å². The molecule has 2 aromatic carbocycles. The van der Waals surface area contributed by atoms with Crippen LogP contribution < -0.4 is 10.0 Å². The topological polar surface area (TPSA) is 128 Å². The highest BCUT2D eigenvalue weighted by Gasteiger charge is 2.20. The smallest absolute Gasteiger partial charge is 0.269 e. The van der Waals surface area contributed by atoms with Crippen LogP contribution in [0, 0.1) is 10.1 Å². The highest BCUT2D eigenvalue weighted by molar-refractivity contribution is 7.89. The summed E-state index contributed by atoms with van der Waals surface area (Å²) < 4.78 is 32.6. The van der Waals surface area contributed by atoms with Gasteiger partial charge >= 0.3 is 0 Å². The molecule has 1 fully saturated rings. The molecule has 28 heavy (non-hydrogen) atoms. The van der Waals surface area contributed by atoms with Crippen LogP contribution in [0.1, 0.15) is 23.2 Å². The Morgan fingerprint density at radius 1 is 1.14 bits per heavy atom. The van der Waals surface area contributed by atoms with Gasteiger partial charge in [-0.05, 0) is 49.2 Å². The van der Waals surface area contributed by atoms with E-state index in [1.807, 2.05) is 0 Å². The summed E-state index contributed by atoms with van der Waals surface area (Å²) in [5.41, 5.74) is 0.545. The quantitative estimate of drug-likeness (QED) is 0.537. The molecule has 1 aliphatic rings. The lowest BCUT2D eigenvalue weighted by molar-refractivity contribution is -0.384. The molecule has 0 aliphatic carbocycles. The van der Waals surface area contributed by atoms with Crippen molar-refractivity contribution in [2.75, 3.05) is 18.5 Å². The van der Waals surface area contributed by atoms with E-state index in [4.69, 9.17) is 4.74 Å². The Kier molecular flexibility index (Phi) is 6.02. The van der Waals surface area contributed by atoms with Gasteiger partial charge in [0, 0.05) is 36.5 Å². The molecule has 1 atom stereocenters. The number of nitro benzene ring substituents is 1. The molecule has 1 saturated heterocycles. The summed E-state index contributed by atoms with van der Waals surface area (Å²) in [6, 6.07) is 10.9. The fourth-order valence-electron chi connectivity index (χ4n) is 2.75. The number of benzene rings is 2. The van der Waals surface area contributed by atoms with Gasteiger partial charge in [-0.15, -0.1) is 0 Å². The number of amides is 1. The Morgan fingerprint density at radius 2 is 1.82 bits per heavy atom. The number of ether oxygens (including phenoxy) is 1. The maximum atomic E-state index is 12.3. The molecule has 9 nitrogen and oxygen atoms in total. The SMILES string of the molecule is O=C(Nc1ccc(S(=O)(=O)NCC2CCCO2)cc1)c1ccc([N+](=O)[O-])cc1. The number of carbonyl (C=O) groups is 1. The molecule has 3 rings (SSSR count). The third kappa shape index (κ3) is 4.91. The number of carbonyl (C=O) groups excluding carboxylic acids is 1. The lowest BCUT2D eigenvalue weighted by atomic mass is 10.2. The Hall–Kier alpha value is -2.82. The highest BCUT2D eigenvalue weighted by Crippen LogP contribution is 2.17. The number of nitro groups is 1. The molecular formula is C18H19N3O6S. The number of nitrogens with one attached hydrogen (secondary N) is 2. The summed E-state index contributed by atoms with van der Waals surface area (Å²) in [5.74, 6) is -0.456. The minimum Gasteiger partial charge on any atom is -0.377 e. The minimum absolute atomic E-state index is 0.0823. The third-order valence-electron chi connectivity index (χ3n) is 4.29. The summed E-state index contributed by atoms with van der Waals surface area (Å²) in [5, 5.41) is 13.3. The molecule has 2 aromatic rings. The van der Waals surface area contributed by atoms with E-state index >= 15 is 0 Å². The average Bonchev–Trinajstić information content (AvgIpc) is 3.21. The Labute approximate surface area is 161 Å². The number of hydrogen-bond donors (Lipinski definition) is 2. The zero-order valence-corrected chi connectivity index (χ0v) is 15.6. The van der Waals surface area contributed by atoms with Crippen molar-refractivity contribution in [3.05, 3.63) is 64.2 Å². The number of sulfonamides is 1. The van der Waals surface area contributed by atoms with Crippen molar-refractivity contribution in [2.45, 2.75) is 23.8 Å². The standard InChI is InChI=1S/C18H19N3O6S/c22-18(13-3-7-15(8-4-13)21(23)24)20-14-5-9-17(10-6-14)28(25,26)19-12-16-2-1-11-27-16/h3-10,16,19H,1-2,11-12H2,(H,20,22). The lowest BCUT2D eigenvalue weighted by Gasteiger charge is -2.12. The van der Waals surface area contributed by atoms with E-state index in [9.17, 15) is 23.3 Å². The number of rotatable bonds is 7. The van der Waals surface area contributed by atoms with Crippen LogP contribution in [-0.2, 0) is 14.8 Å². The highest BCUT2D eigenvalue weighted by atomic mass is 32.2. The van der Waals surface area contributed by atoms with Gasteiger partial charge in [0.15, 0.2) is 0 Å². The van der Waals surface area contributed by atoms with Gasteiger partial charge in [-0.25, -0.2) is 13.1 Å². The van der Waals surface area contributed by atoms with Gasteiger partial charge in [-0.1, -0.05) is 0 Å². The Balaban J connectivity index is 1.61. The van der Waals surface area contributed by atoms with Crippen molar-refractivity contribution in [3.63, 3.8) is 0 Å². The molecule has 2 N–H and O–H groups in total. The normalized spacial score (nSPS) is 16.6. The molecule has 148 valence electrons. The third-order valence-corrected chi connectivity index (χ3v) is 5.73.